The number of carbonyl (C=O) groups excluding carboxylic acids is 1. The lowest BCUT2D eigenvalue weighted by Gasteiger charge is -2.40. The minimum atomic E-state index is -1.88. The summed E-state index contributed by atoms with van der Waals surface area (Å²) in [6.07, 6.45) is -2.12. The fourth-order valence-electron chi connectivity index (χ4n) is 2.12. The molecule has 20 heavy (non-hydrogen) atoms. The van der Waals surface area contributed by atoms with Crippen LogP contribution in [0.4, 0.5) is 4.79 Å². The lowest BCUT2D eigenvalue weighted by molar-refractivity contribution is -0.134. The standard InChI is InChI=1S/C13H25NO5Si/c1-13(2,3)20(4,5)18-7-9-11(15)10-8(6-17-9)19-12(16)14-10/h8-11,15H,6-7H2,1-5H3,(H,14,16)/t8-,9-,10-,11+/m1/s1. The van der Waals surface area contributed by atoms with Crippen molar-refractivity contribution >= 4 is 14.4 Å². The third kappa shape index (κ3) is 3.00. The Morgan fingerprint density at radius 1 is 1.45 bits per heavy atom. The van der Waals surface area contributed by atoms with Crippen LogP contribution < -0.4 is 5.32 Å². The fourth-order valence-corrected chi connectivity index (χ4v) is 3.13. The van der Waals surface area contributed by atoms with Crippen LogP contribution in [0.25, 0.3) is 0 Å². The van der Waals surface area contributed by atoms with Gasteiger partial charge in [-0.1, -0.05) is 20.8 Å². The molecule has 2 heterocycles. The molecule has 0 unspecified atom stereocenters. The van der Waals surface area contributed by atoms with Gasteiger partial charge < -0.3 is 24.3 Å². The van der Waals surface area contributed by atoms with Crippen LogP contribution in [0.5, 0.6) is 0 Å². The molecule has 2 aliphatic rings. The second kappa shape index (κ2) is 5.29. The van der Waals surface area contributed by atoms with Crippen molar-refractivity contribution in [1.82, 2.24) is 5.32 Å². The van der Waals surface area contributed by atoms with Crippen LogP contribution in [0.3, 0.4) is 0 Å². The minimum Gasteiger partial charge on any atom is -0.441 e. The van der Waals surface area contributed by atoms with Crippen LogP contribution >= 0.6 is 0 Å². The number of alkyl carbamates (subject to hydrolysis) is 1. The summed E-state index contributed by atoms with van der Waals surface area (Å²) in [7, 11) is -1.88. The molecule has 7 heteroatoms. The van der Waals surface area contributed by atoms with Gasteiger partial charge in [-0.25, -0.2) is 4.79 Å². The summed E-state index contributed by atoms with van der Waals surface area (Å²) in [4.78, 5) is 11.2. The zero-order valence-electron chi connectivity index (χ0n) is 12.8. The molecule has 2 fully saturated rings. The Balaban J connectivity index is 1.93. The molecule has 0 aromatic heterocycles. The summed E-state index contributed by atoms with van der Waals surface area (Å²) in [6.45, 7) is 11.5. The van der Waals surface area contributed by atoms with Crippen molar-refractivity contribution in [2.75, 3.05) is 13.2 Å². The van der Waals surface area contributed by atoms with E-state index in [1.807, 2.05) is 0 Å². The van der Waals surface area contributed by atoms with Crippen molar-refractivity contribution in [2.45, 2.75) is 63.3 Å². The number of hydrogen-bond acceptors (Lipinski definition) is 5. The first-order valence-corrected chi connectivity index (χ1v) is 9.93. The van der Waals surface area contributed by atoms with Gasteiger partial charge in [-0.05, 0) is 18.1 Å². The molecule has 0 aliphatic carbocycles. The molecule has 6 nitrogen and oxygen atoms in total. The van der Waals surface area contributed by atoms with Gasteiger partial charge in [0.1, 0.15) is 24.4 Å². The highest BCUT2D eigenvalue weighted by atomic mass is 28.4. The molecule has 0 spiro atoms. The molecule has 2 rings (SSSR count). The molecule has 0 aromatic rings. The average Bonchev–Trinajstić information content (AvgIpc) is 2.68. The van der Waals surface area contributed by atoms with E-state index in [9.17, 15) is 9.90 Å². The van der Waals surface area contributed by atoms with Gasteiger partial charge in [0.2, 0.25) is 0 Å². The molecule has 0 saturated carbocycles. The lowest BCUT2D eigenvalue weighted by atomic mass is 9.98. The molecule has 2 N–H and O–H groups in total. The topological polar surface area (TPSA) is 77.0 Å². The number of aliphatic hydroxyl groups excluding tert-OH is 1. The molecule has 116 valence electrons. The number of hydrogen-bond donors (Lipinski definition) is 2. The Bertz CT molecular complexity index is 381. The second-order valence-electron chi connectivity index (χ2n) is 7.05. The SMILES string of the molecule is CC(C)(C)[Si](C)(C)OC[C@H]1OC[C@H]2OC(=O)N[C@H]2[C@H]1O. The zero-order valence-corrected chi connectivity index (χ0v) is 13.8. The zero-order chi connectivity index (χ0) is 15.1. The van der Waals surface area contributed by atoms with E-state index in [0.717, 1.165) is 0 Å². The lowest BCUT2D eigenvalue weighted by Crippen LogP contribution is -2.57. The maximum atomic E-state index is 11.2. The van der Waals surface area contributed by atoms with Crippen LogP contribution in [0.2, 0.25) is 18.1 Å². The van der Waals surface area contributed by atoms with E-state index in [4.69, 9.17) is 13.9 Å². The van der Waals surface area contributed by atoms with E-state index >= 15 is 0 Å². The predicted octanol–water partition coefficient (Wildman–Crippen LogP) is 1.24. The maximum Gasteiger partial charge on any atom is 0.408 e. The highest BCUT2D eigenvalue weighted by Crippen LogP contribution is 2.37. The molecule has 4 atom stereocenters. The normalized spacial score (nSPS) is 34.4. The van der Waals surface area contributed by atoms with Crippen LogP contribution in [0, 0.1) is 0 Å². The van der Waals surface area contributed by atoms with Gasteiger partial charge in [0.25, 0.3) is 0 Å². The van der Waals surface area contributed by atoms with Crippen molar-refractivity contribution in [2.24, 2.45) is 0 Å². The van der Waals surface area contributed by atoms with Crippen molar-refractivity contribution in [1.29, 1.82) is 0 Å². The van der Waals surface area contributed by atoms with Gasteiger partial charge in [0.05, 0.1) is 13.2 Å². The highest BCUT2D eigenvalue weighted by Gasteiger charge is 2.47. The summed E-state index contributed by atoms with van der Waals surface area (Å²) >= 11 is 0. The van der Waals surface area contributed by atoms with Crippen LogP contribution in [0.15, 0.2) is 0 Å². The summed E-state index contributed by atoms with van der Waals surface area (Å²) in [5, 5.41) is 13.0. The maximum absolute atomic E-state index is 11.2. The Morgan fingerprint density at radius 2 is 2.10 bits per heavy atom. The van der Waals surface area contributed by atoms with Gasteiger partial charge in [-0.15, -0.1) is 0 Å². The van der Waals surface area contributed by atoms with E-state index in [0.29, 0.717) is 13.2 Å². The Hall–Kier alpha value is -0.633. The summed E-state index contributed by atoms with van der Waals surface area (Å²) in [6, 6.07) is -0.399. The first-order valence-electron chi connectivity index (χ1n) is 7.02. The van der Waals surface area contributed by atoms with E-state index in [2.05, 4.69) is 39.2 Å². The number of carbonyl (C=O) groups is 1. The largest absolute Gasteiger partial charge is 0.441 e. The van der Waals surface area contributed by atoms with Crippen molar-refractivity contribution in [3.63, 3.8) is 0 Å². The van der Waals surface area contributed by atoms with E-state index in [1.165, 1.54) is 0 Å². The summed E-state index contributed by atoms with van der Waals surface area (Å²) < 4.78 is 16.7. The summed E-state index contributed by atoms with van der Waals surface area (Å²) in [5.74, 6) is 0. The average molecular weight is 303 g/mol. The molecule has 2 aliphatic heterocycles. The number of ether oxygens (including phenoxy) is 2. The van der Waals surface area contributed by atoms with Crippen LogP contribution in [0.1, 0.15) is 20.8 Å². The number of amides is 1. The van der Waals surface area contributed by atoms with Gasteiger partial charge in [0.15, 0.2) is 8.32 Å². The number of nitrogens with one attached hydrogen (secondary N) is 1. The Labute approximate surface area is 120 Å². The highest BCUT2D eigenvalue weighted by molar-refractivity contribution is 6.74. The fraction of sp³-hybridized carbons (Fsp3) is 0.923. The predicted molar refractivity (Wildman–Crippen MR) is 76.1 cm³/mol. The molecule has 1 amide bonds. The number of fused-ring (bicyclic) bond motifs is 1. The number of rotatable bonds is 3. The van der Waals surface area contributed by atoms with Crippen molar-refractivity contribution in [3.8, 4) is 0 Å². The Morgan fingerprint density at radius 3 is 2.70 bits per heavy atom. The van der Waals surface area contributed by atoms with Gasteiger partial charge in [-0.3, -0.25) is 0 Å². The number of aliphatic hydroxyl groups is 1. The quantitative estimate of drug-likeness (QED) is 0.767. The van der Waals surface area contributed by atoms with Gasteiger partial charge in [-0.2, -0.15) is 0 Å². The van der Waals surface area contributed by atoms with E-state index in [-0.39, 0.29) is 5.04 Å². The molecular formula is C13H25NO5Si. The van der Waals surface area contributed by atoms with Gasteiger partial charge >= 0.3 is 6.09 Å². The van der Waals surface area contributed by atoms with E-state index < -0.39 is 38.8 Å². The summed E-state index contributed by atoms with van der Waals surface area (Å²) in [5.41, 5.74) is 0. The van der Waals surface area contributed by atoms with Crippen LogP contribution in [-0.4, -0.2) is 57.1 Å². The third-order valence-electron chi connectivity index (χ3n) is 4.58. The van der Waals surface area contributed by atoms with Gasteiger partial charge in [0, 0.05) is 0 Å². The van der Waals surface area contributed by atoms with E-state index in [1.54, 1.807) is 0 Å². The molecular weight excluding hydrogens is 278 g/mol. The monoisotopic (exact) mass is 303 g/mol. The van der Waals surface area contributed by atoms with Crippen molar-refractivity contribution < 1.29 is 23.8 Å². The third-order valence-corrected chi connectivity index (χ3v) is 9.08. The molecule has 0 radical (unpaired) electrons. The first-order chi connectivity index (χ1) is 9.12. The Kier molecular flexibility index (Phi) is 4.16. The molecule has 0 aromatic carbocycles. The van der Waals surface area contributed by atoms with Crippen molar-refractivity contribution in [3.05, 3.63) is 0 Å². The smallest absolute Gasteiger partial charge is 0.408 e. The molecule has 0 bridgehead atoms. The first kappa shape index (κ1) is 15.8. The molecule has 2 saturated heterocycles. The van der Waals surface area contributed by atoms with Crippen LogP contribution in [-0.2, 0) is 13.9 Å². The second-order valence-corrected chi connectivity index (χ2v) is 11.9. The minimum absolute atomic E-state index is 0.111.